The summed E-state index contributed by atoms with van der Waals surface area (Å²) in [4.78, 5) is 27.4. The van der Waals surface area contributed by atoms with Crippen LogP contribution in [0.25, 0.3) is 10.2 Å². The van der Waals surface area contributed by atoms with Gasteiger partial charge in [0, 0.05) is 24.7 Å². The van der Waals surface area contributed by atoms with E-state index in [1.165, 1.54) is 23.5 Å². The van der Waals surface area contributed by atoms with Gasteiger partial charge in [-0.05, 0) is 18.2 Å². The van der Waals surface area contributed by atoms with E-state index in [2.05, 4.69) is 11.6 Å². The Labute approximate surface area is 164 Å². The number of amides is 1. The molecular weight excluding hydrogens is 382 g/mol. The molecular formula is C19H17N3O5S. The van der Waals surface area contributed by atoms with E-state index in [-0.39, 0.29) is 12.3 Å². The van der Waals surface area contributed by atoms with E-state index >= 15 is 0 Å². The normalized spacial score (nSPS) is 11.4. The first-order chi connectivity index (χ1) is 13.5. The van der Waals surface area contributed by atoms with E-state index in [1.54, 1.807) is 48.1 Å². The van der Waals surface area contributed by atoms with Gasteiger partial charge in [-0.25, -0.2) is 0 Å². The van der Waals surface area contributed by atoms with Crippen LogP contribution in [0, 0.1) is 10.1 Å². The summed E-state index contributed by atoms with van der Waals surface area (Å²) in [7, 11) is 1.55. The molecule has 0 atom stereocenters. The molecule has 3 aromatic rings. The zero-order valence-corrected chi connectivity index (χ0v) is 15.8. The summed E-state index contributed by atoms with van der Waals surface area (Å²) in [6, 6.07) is 11.4. The van der Waals surface area contributed by atoms with Gasteiger partial charge in [0.05, 0.1) is 22.2 Å². The van der Waals surface area contributed by atoms with Crippen LogP contribution in [0.3, 0.4) is 0 Å². The lowest BCUT2D eigenvalue weighted by molar-refractivity contribution is -0.384. The monoisotopic (exact) mass is 399 g/mol. The Hall–Kier alpha value is -3.46. The SMILES string of the molecule is C=CCn1c(=NC(=O)COc2cccc(OC)c2)sc2cc([N+](=O)[O-])ccc21. The van der Waals surface area contributed by atoms with E-state index in [0.29, 0.717) is 27.5 Å². The second-order valence-corrected chi connectivity index (χ2v) is 6.68. The molecule has 0 bridgehead atoms. The molecule has 28 heavy (non-hydrogen) atoms. The fourth-order valence-electron chi connectivity index (χ4n) is 2.54. The van der Waals surface area contributed by atoms with Crippen molar-refractivity contribution >= 4 is 33.1 Å². The average molecular weight is 399 g/mol. The molecule has 8 nitrogen and oxygen atoms in total. The summed E-state index contributed by atoms with van der Waals surface area (Å²) < 4.78 is 13.0. The van der Waals surface area contributed by atoms with Gasteiger partial charge in [0.15, 0.2) is 11.4 Å². The molecule has 0 aliphatic heterocycles. The third-order valence-electron chi connectivity index (χ3n) is 3.81. The van der Waals surface area contributed by atoms with E-state index < -0.39 is 10.8 Å². The molecule has 0 fully saturated rings. The molecule has 1 heterocycles. The van der Waals surface area contributed by atoms with Crippen molar-refractivity contribution in [1.82, 2.24) is 4.57 Å². The maximum Gasteiger partial charge on any atom is 0.286 e. The van der Waals surface area contributed by atoms with Crippen molar-refractivity contribution in [2.24, 2.45) is 4.99 Å². The summed E-state index contributed by atoms with van der Waals surface area (Å²) in [5, 5.41) is 11.0. The summed E-state index contributed by atoms with van der Waals surface area (Å²) in [5.41, 5.74) is 0.731. The van der Waals surface area contributed by atoms with Crippen molar-refractivity contribution in [3.63, 3.8) is 0 Å². The van der Waals surface area contributed by atoms with Gasteiger partial charge in [-0.3, -0.25) is 14.9 Å². The number of ether oxygens (including phenoxy) is 2. The van der Waals surface area contributed by atoms with Crippen molar-refractivity contribution in [3.05, 3.63) is 70.0 Å². The molecule has 0 unspecified atom stereocenters. The number of rotatable bonds is 7. The zero-order chi connectivity index (χ0) is 20.1. The Morgan fingerprint density at radius 3 is 2.82 bits per heavy atom. The first-order valence-corrected chi connectivity index (χ1v) is 9.06. The average Bonchev–Trinajstić information content (AvgIpc) is 3.03. The molecule has 9 heteroatoms. The van der Waals surface area contributed by atoms with Crippen molar-refractivity contribution in [2.75, 3.05) is 13.7 Å². The van der Waals surface area contributed by atoms with Gasteiger partial charge in [-0.15, -0.1) is 6.58 Å². The van der Waals surface area contributed by atoms with Crippen LogP contribution in [0.2, 0.25) is 0 Å². The highest BCUT2D eigenvalue weighted by molar-refractivity contribution is 7.16. The Morgan fingerprint density at radius 1 is 1.32 bits per heavy atom. The first kappa shape index (κ1) is 19.3. The van der Waals surface area contributed by atoms with Crippen LogP contribution in [0.5, 0.6) is 11.5 Å². The van der Waals surface area contributed by atoms with Crippen LogP contribution >= 0.6 is 11.3 Å². The third kappa shape index (κ3) is 4.26. The van der Waals surface area contributed by atoms with Crippen LogP contribution in [0.4, 0.5) is 5.69 Å². The minimum Gasteiger partial charge on any atom is -0.497 e. The molecule has 0 aliphatic rings. The number of hydrogen-bond acceptors (Lipinski definition) is 6. The van der Waals surface area contributed by atoms with E-state index in [4.69, 9.17) is 9.47 Å². The molecule has 0 N–H and O–H groups in total. The van der Waals surface area contributed by atoms with Gasteiger partial charge in [0.2, 0.25) is 0 Å². The maximum atomic E-state index is 12.3. The molecule has 0 saturated carbocycles. The van der Waals surface area contributed by atoms with Gasteiger partial charge in [-0.1, -0.05) is 23.5 Å². The summed E-state index contributed by atoms with van der Waals surface area (Å²) >= 11 is 1.20. The van der Waals surface area contributed by atoms with Gasteiger partial charge in [0.1, 0.15) is 11.5 Å². The van der Waals surface area contributed by atoms with Gasteiger partial charge >= 0.3 is 0 Å². The molecule has 0 aliphatic carbocycles. The molecule has 144 valence electrons. The quantitative estimate of drug-likeness (QED) is 0.345. The minimum absolute atomic E-state index is 0.0151. The number of fused-ring (bicyclic) bond motifs is 1. The molecule has 0 radical (unpaired) electrons. The van der Waals surface area contributed by atoms with Crippen molar-refractivity contribution in [1.29, 1.82) is 0 Å². The Bertz CT molecular complexity index is 1120. The molecule has 0 saturated heterocycles. The number of carbonyl (C=O) groups excluding carboxylic acids is 1. The lowest BCUT2D eigenvalue weighted by Gasteiger charge is -2.05. The fraction of sp³-hybridized carbons (Fsp3) is 0.158. The van der Waals surface area contributed by atoms with Crippen LogP contribution < -0.4 is 14.3 Å². The Kier molecular flexibility index (Phi) is 5.85. The van der Waals surface area contributed by atoms with Crippen LogP contribution in [-0.4, -0.2) is 29.1 Å². The van der Waals surface area contributed by atoms with Crippen molar-refractivity contribution in [2.45, 2.75) is 6.54 Å². The van der Waals surface area contributed by atoms with Gasteiger partial charge in [-0.2, -0.15) is 4.99 Å². The number of hydrogen-bond donors (Lipinski definition) is 0. The van der Waals surface area contributed by atoms with Crippen LogP contribution in [0.15, 0.2) is 60.1 Å². The minimum atomic E-state index is -0.471. The number of nitro groups is 1. The predicted molar refractivity (Wildman–Crippen MR) is 106 cm³/mol. The Morgan fingerprint density at radius 2 is 2.11 bits per heavy atom. The number of non-ortho nitro benzene ring substituents is 1. The van der Waals surface area contributed by atoms with Gasteiger partial charge in [0.25, 0.3) is 11.6 Å². The molecule has 1 aromatic heterocycles. The lowest BCUT2D eigenvalue weighted by atomic mass is 10.3. The smallest absolute Gasteiger partial charge is 0.286 e. The van der Waals surface area contributed by atoms with E-state index in [1.807, 2.05) is 0 Å². The number of methoxy groups -OCH3 is 1. The lowest BCUT2D eigenvalue weighted by Crippen LogP contribution is -2.19. The Balaban J connectivity index is 1.88. The standard InChI is InChI=1S/C19H17N3O5S/c1-3-9-21-16-8-7-13(22(24)25)10-17(16)28-19(21)20-18(23)12-27-15-6-4-5-14(11-15)26-2/h3-8,10-11H,1,9,12H2,2H3. The second-order valence-electron chi connectivity index (χ2n) is 5.67. The number of aromatic nitrogens is 1. The van der Waals surface area contributed by atoms with E-state index in [9.17, 15) is 14.9 Å². The highest BCUT2D eigenvalue weighted by Crippen LogP contribution is 2.23. The highest BCUT2D eigenvalue weighted by Gasteiger charge is 2.12. The number of nitrogens with zero attached hydrogens (tertiary/aromatic N) is 3. The van der Waals surface area contributed by atoms with Crippen LogP contribution in [0.1, 0.15) is 0 Å². The van der Waals surface area contributed by atoms with Crippen LogP contribution in [-0.2, 0) is 11.3 Å². The topological polar surface area (TPSA) is 96.0 Å². The molecule has 1 amide bonds. The number of nitro benzene ring substituents is 1. The number of allylic oxidation sites excluding steroid dienone is 1. The number of benzene rings is 2. The van der Waals surface area contributed by atoms with Crippen molar-refractivity contribution in [3.8, 4) is 11.5 Å². The van der Waals surface area contributed by atoms with Gasteiger partial charge < -0.3 is 14.0 Å². The molecule has 3 rings (SSSR count). The second kappa shape index (κ2) is 8.49. The molecule has 0 spiro atoms. The molecule has 2 aromatic carbocycles. The summed E-state index contributed by atoms with van der Waals surface area (Å²) in [5.74, 6) is 0.646. The fourth-order valence-corrected chi connectivity index (χ4v) is 3.63. The zero-order valence-electron chi connectivity index (χ0n) is 15.0. The predicted octanol–water partition coefficient (Wildman–Crippen LogP) is 3.31. The largest absolute Gasteiger partial charge is 0.497 e. The maximum absolute atomic E-state index is 12.3. The summed E-state index contributed by atoms with van der Waals surface area (Å²) in [6.45, 7) is 3.89. The first-order valence-electron chi connectivity index (χ1n) is 8.25. The number of carbonyl (C=O) groups is 1. The highest BCUT2D eigenvalue weighted by atomic mass is 32.1. The van der Waals surface area contributed by atoms with Crippen molar-refractivity contribution < 1.29 is 19.2 Å². The number of thiazole rings is 1. The summed E-state index contributed by atoms with van der Waals surface area (Å²) in [6.07, 6.45) is 1.67. The van der Waals surface area contributed by atoms with E-state index in [0.717, 1.165) is 5.52 Å². The third-order valence-corrected chi connectivity index (χ3v) is 4.85.